The van der Waals surface area contributed by atoms with E-state index in [1.165, 1.54) is 18.9 Å². The first-order valence-corrected chi connectivity index (χ1v) is 6.73. The van der Waals surface area contributed by atoms with Gasteiger partial charge in [-0.2, -0.15) is 0 Å². The SMILES string of the molecule is CC[C@H](Sc1ccccc1NC(=O)COC)C(=O)O. The molecule has 1 rings (SSSR count). The van der Waals surface area contributed by atoms with E-state index in [9.17, 15) is 9.59 Å². The number of carbonyl (C=O) groups excluding carboxylic acids is 1. The zero-order chi connectivity index (χ0) is 14.3. The molecular formula is C13H17NO4S. The number of carboxylic acids is 1. The highest BCUT2D eigenvalue weighted by Crippen LogP contribution is 2.31. The minimum Gasteiger partial charge on any atom is -0.480 e. The van der Waals surface area contributed by atoms with E-state index < -0.39 is 11.2 Å². The lowest BCUT2D eigenvalue weighted by Gasteiger charge is -2.13. The third kappa shape index (κ3) is 4.92. The van der Waals surface area contributed by atoms with Crippen molar-refractivity contribution >= 4 is 29.3 Å². The van der Waals surface area contributed by atoms with Gasteiger partial charge in [0.2, 0.25) is 5.91 Å². The largest absolute Gasteiger partial charge is 0.480 e. The molecule has 0 aliphatic carbocycles. The molecule has 6 heteroatoms. The Morgan fingerprint density at radius 3 is 2.68 bits per heavy atom. The van der Waals surface area contributed by atoms with Crippen LogP contribution in [-0.2, 0) is 14.3 Å². The summed E-state index contributed by atoms with van der Waals surface area (Å²) in [4.78, 5) is 23.3. The van der Waals surface area contributed by atoms with Gasteiger partial charge in [-0.25, -0.2) is 0 Å². The molecule has 0 aromatic heterocycles. The van der Waals surface area contributed by atoms with Gasteiger partial charge < -0.3 is 15.2 Å². The van der Waals surface area contributed by atoms with Crippen LogP contribution in [0.1, 0.15) is 13.3 Å². The van der Waals surface area contributed by atoms with Gasteiger partial charge in [0.25, 0.3) is 0 Å². The van der Waals surface area contributed by atoms with Crippen LogP contribution in [0, 0.1) is 0 Å². The number of carboxylic acid groups (broad SMARTS) is 1. The van der Waals surface area contributed by atoms with Gasteiger partial charge in [0.1, 0.15) is 11.9 Å². The predicted molar refractivity (Wildman–Crippen MR) is 74.5 cm³/mol. The quantitative estimate of drug-likeness (QED) is 0.750. The molecule has 1 aromatic rings. The summed E-state index contributed by atoms with van der Waals surface area (Å²) in [5, 5.41) is 11.2. The average molecular weight is 283 g/mol. The second-order valence-corrected chi connectivity index (χ2v) is 5.07. The van der Waals surface area contributed by atoms with Gasteiger partial charge >= 0.3 is 5.97 Å². The van der Waals surface area contributed by atoms with Crippen LogP contribution < -0.4 is 5.32 Å². The Morgan fingerprint density at radius 1 is 1.42 bits per heavy atom. The fourth-order valence-electron chi connectivity index (χ4n) is 1.45. The highest BCUT2D eigenvalue weighted by molar-refractivity contribution is 8.00. The fraction of sp³-hybridized carbons (Fsp3) is 0.385. The van der Waals surface area contributed by atoms with Crippen LogP contribution in [0.3, 0.4) is 0 Å². The Labute approximate surface area is 116 Å². The molecule has 0 aliphatic rings. The summed E-state index contributed by atoms with van der Waals surface area (Å²) < 4.78 is 4.74. The van der Waals surface area contributed by atoms with Crippen LogP contribution in [0.5, 0.6) is 0 Å². The van der Waals surface area contributed by atoms with E-state index >= 15 is 0 Å². The van der Waals surface area contributed by atoms with Crippen molar-refractivity contribution in [3.8, 4) is 0 Å². The molecule has 0 saturated carbocycles. The summed E-state index contributed by atoms with van der Waals surface area (Å²) in [5.41, 5.74) is 0.606. The second kappa shape index (κ2) is 7.81. The number of aliphatic carboxylic acids is 1. The first-order chi connectivity index (χ1) is 9.08. The van der Waals surface area contributed by atoms with Crippen LogP contribution in [0.25, 0.3) is 0 Å². The summed E-state index contributed by atoms with van der Waals surface area (Å²) in [7, 11) is 1.44. The van der Waals surface area contributed by atoms with Gasteiger partial charge in [0, 0.05) is 12.0 Å². The maximum absolute atomic E-state index is 11.5. The predicted octanol–water partition coefficient (Wildman–Crippen LogP) is 2.23. The Bertz CT molecular complexity index is 450. The molecule has 1 amide bonds. The Kier molecular flexibility index (Phi) is 6.38. The van der Waals surface area contributed by atoms with Crippen LogP contribution in [0.4, 0.5) is 5.69 Å². The van der Waals surface area contributed by atoms with E-state index in [4.69, 9.17) is 9.84 Å². The maximum atomic E-state index is 11.5. The summed E-state index contributed by atoms with van der Waals surface area (Å²) in [5.74, 6) is -1.12. The Hall–Kier alpha value is -1.53. The lowest BCUT2D eigenvalue weighted by Crippen LogP contribution is -2.18. The van der Waals surface area contributed by atoms with E-state index in [1.807, 2.05) is 13.0 Å². The zero-order valence-corrected chi connectivity index (χ0v) is 11.7. The highest BCUT2D eigenvalue weighted by Gasteiger charge is 2.18. The number of carbonyl (C=O) groups is 2. The first kappa shape index (κ1) is 15.5. The molecule has 0 fully saturated rings. The molecule has 0 unspecified atom stereocenters. The Morgan fingerprint density at radius 2 is 2.11 bits per heavy atom. The van der Waals surface area contributed by atoms with Crippen molar-refractivity contribution in [3.63, 3.8) is 0 Å². The van der Waals surface area contributed by atoms with Crippen LogP contribution in [0.2, 0.25) is 0 Å². The lowest BCUT2D eigenvalue weighted by atomic mass is 10.3. The van der Waals surface area contributed by atoms with Crippen LogP contribution in [0.15, 0.2) is 29.2 Å². The number of ether oxygens (including phenoxy) is 1. The molecule has 0 saturated heterocycles. The fourth-order valence-corrected chi connectivity index (χ4v) is 2.43. The number of hydrogen-bond acceptors (Lipinski definition) is 4. The van der Waals surface area contributed by atoms with E-state index in [2.05, 4.69) is 5.32 Å². The average Bonchev–Trinajstić information content (AvgIpc) is 2.37. The van der Waals surface area contributed by atoms with Gasteiger partial charge in [-0.3, -0.25) is 9.59 Å². The van der Waals surface area contributed by atoms with Crippen molar-refractivity contribution in [1.29, 1.82) is 0 Å². The van der Waals surface area contributed by atoms with Crippen LogP contribution in [-0.4, -0.2) is 35.9 Å². The molecule has 0 spiro atoms. The molecule has 104 valence electrons. The lowest BCUT2D eigenvalue weighted by molar-refractivity contribution is -0.136. The number of amides is 1. The van der Waals surface area contributed by atoms with Gasteiger partial charge in [-0.15, -0.1) is 11.8 Å². The smallest absolute Gasteiger partial charge is 0.316 e. The minimum absolute atomic E-state index is 0.0326. The van der Waals surface area contributed by atoms with Crippen molar-refractivity contribution < 1.29 is 19.4 Å². The molecular weight excluding hydrogens is 266 g/mol. The molecule has 0 radical (unpaired) electrons. The van der Waals surface area contributed by atoms with Crippen LogP contribution >= 0.6 is 11.8 Å². The monoisotopic (exact) mass is 283 g/mol. The number of anilines is 1. The number of methoxy groups -OCH3 is 1. The van der Waals surface area contributed by atoms with Crippen molar-refractivity contribution in [1.82, 2.24) is 0 Å². The third-order valence-electron chi connectivity index (χ3n) is 2.35. The summed E-state index contributed by atoms with van der Waals surface area (Å²) in [6.45, 7) is 1.78. The van der Waals surface area contributed by atoms with Gasteiger partial charge in [0.15, 0.2) is 0 Å². The van der Waals surface area contributed by atoms with Crippen molar-refractivity contribution in [2.45, 2.75) is 23.5 Å². The zero-order valence-electron chi connectivity index (χ0n) is 10.9. The van der Waals surface area contributed by atoms with E-state index in [0.717, 1.165) is 4.90 Å². The molecule has 0 bridgehead atoms. The standard InChI is InChI=1S/C13H17NO4S/c1-3-10(13(16)17)19-11-7-5-4-6-9(11)14-12(15)8-18-2/h4-7,10H,3,8H2,1-2H3,(H,14,15)(H,16,17)/t10-/m0/s1. The molecule has 0 heterocycles. The number of para-hydroxylation sites is 1. The normalized spacial score (nSPS) is 11.9. The van der Waals surface area contributed by atoms with E-state index in [1.54, 1.807) is 18.2 Å². The number of benzene rings is 1. The van der Waals surface area contributed by atoms with Gasteiger partial charge in [-0.05, 0) is 18.6 Å². The minimum atomic E-state index is -0.856. The highest BCUT2D eigenvalue weighted by atomic mass is 32.2. The molecule has 1 aromatic carbocycles. The van der Waals surface area contributed by atoms with Crippen molar-refractivity contribution in [2.75, 3.05) is 19.0 Å². The number of rotatable bonds is 7. The van der Waals surface area contributed by atoms with Gasteiger partial charge in [-0.1, -0.05) is 19.1 Å². The summed E-state index contributed by atoms with van der Waals surface area (Å²) in [6, 6.07) is 7.13. The Balaban J connectivity index is 2.83. The molecule has 19 heavy (non-hydrogen) atoms. The summed E-state index contributed by atoms with van der Waals surface area (Å²) >= 11 is 1.23. The van der Waals surface area contributed by atoms with E-state index in [-0.39, 0.29) is 12.5 Å². The molecule has 0 aliphatic heterocycles. The van der Waals surface area contributed by atoms with Gasteiger partial charge in [0.05, 0.1) is 5.69 Å². The number of nitrogens with one attached hydrogen (secondary N) is 1. The maximum Gasteiger partial charge on any atom is 0.316 e. The molecule has 1 atom stereocenters. The van der Waals surface area contributed by atoms with Crippen molar-refractivity contribution in [2.24, 2.45) is 0 Å². The number of hydrogen-bond donors (Lipinski definition) is 2. The van der Waals surface area contributed by atoms with Crippen molar-refractivity contribution in [3.05, 3.63) is 24.3 Å². The molecule has 5 nitrogen and oxygen atoms in total. The topological polar surface area (TPSA) is 75.6 Å². The summed E-state index contributed by atoms with van der Waals surface area (Å²) in [6.07, 6.45) is 0.514. The number of thioether (sulfide) groups is 1. The second-order valence-electron chi connectivity index (χ2n) is 3.83. The van der Waals surface area contributed by atoms with E-state index in [0.29, 0.717) is 12.1 Å². The third-order valence-corrected chi connectivity index (χ3v) is 3.78. The molecule has 2 N–H and O–H groups in total. The first-order valence-electron chi connectivity index (χ1n) is 5.85.